The zero-order valence-electron chi connectivity index (χ0n) is 12.3. The predicted octanol–water partition coefficient (Wildman–Crippen LogP) is 3.28. The Morgan fingerprint density at radius 2 is 2.10 bits per heavy atom. The predicted molar refractivity (Wildman–Crippen MR) is 88.3 cm³/mol. The molecular weight excluding hydrogens is 304 g/mol. The SMILES string of the molecule is CSc1ccc(Cl)c(C(=O)N2CCC3(CCNC3)CC2)c1. The Morgan fingerprint density at radius 3 is 2.71 bits per heavy atom. The zero-order chi connectivity index (χ0) is 14.9. The number of nitrogens with zero attached hydrogens (tertiary/aromatic N) is 1. The van der Waals surface area contributed by atoms with E-state index in [2.05, 4.69) is 5.32 Å². The van der Waals surface area contributed by atoms with Gasteiger partial charge < -0.3 is 10.2 Å². The summed E-state index contributed by atoms with van der Waals surface area (Å²) in [7, 11) is 0. The van der Waals surface area contributed by atoms with Crippen LogP contribution in [-0.4, -0.2) is 43.2 Å². The number of thioether (sulfide) groups is 1. The first-order chi connectivity index (χ1) is 10.1. The first kappa shape index (κ1) is 15.2. The molecule has 2 aliphatic rings. The number of benzene rings is 1. The third kappa shape index (κ3) is 3.08. The van der Waals surface area contributed by atoms with Gasteiger partial charge in [0.25, 0.3) is 5.91 Å². The van der Waals surface area contributed by atoms with Gasteiger partial charge in [-0.15, -0.1) is 11.8 Å². The van der Waals surface area contributed by atoms with Crippen molar-refractivity contribution in [3.8, 4) is 0 Å². The highest BCUT2D eigenvalue weighted by molar-refractivity contribution is 7.98. The fourth-order valence-electron chi connectivity index (χ4n) is 3.37. The van der Waals surface area contributed by atoms with E-state index in [1.807, 2.05) is 29.4 Å². The number of hydrogen-bond donors (Lipinski definition) is 1. The van der Waals surface area contributed by atoms with Gasteiger partial charge in [-0.25, -0.2) is 0 Å². The lowest BCUT2D eigenvalue weighted by Crippen LogP contribution is -2.44. The normalized spacial score (nSPS) is 21.0. The van der Waals surface area contributed by atoms with Gasteiger partial charge in [0.2, 0.25) is 0 Å². The van der Waals surface area contributed by atoms with E-state index >= 15 is 0 Å². The number of likely N-dealkylation sites (tertiary alicyclic amines) is 1. The summed E-state index contributed by atoms with van der Waals surface area (Å²) in [4.78, 5) is 15.8. The summed E-state index contributed by atoms with van der Waals surface area (Å²) in [5.74, 6) is 0.0803. The number of halogens is 1. The Bertz CT molecular complexity index is 533. The number of hydrogen-bond acceptors (Lipinski definition) is 3. The average molecular weight is 325 g/mol. The second-order valence-electron chi connectivity index (χ2n) is 6.06. The molecule has 1 spiro atoms. The number of amides is 1. The first-order valence-electron chi connectivity index (χ1n) is 7.47. The van der Waals surface area contributed by atoms with Gasteiger partial charge in [0.15, 0.2) is 0 Å². The van der Waals surface area contributed by atoms with Gasteiger partial charge in [0.1, 0.15) is 0 Å². The second-order valence-corrected chi connectivity index (χ2v) is 7.35. The Labute approximate surface area is 135 Å². The minimum Gasteiger partial charge on any atom is -0.339 e. The standard InChI is InChI=1S/C16H21ClN2OS/c1-21-12-2-3-14(17)13(10-12)15(20)19-8-5-16(6-9-19)4-7-18-11-16/h2-3,10,18H,4-9,11H2,1H3. The Hall–Kier alpha value is -0.710. The van der Waals surface area contributed by atoms with Crippen LogP contribution in [0.5, 0.6) is 0 Å². The van der Waals surface area contributed by atoms with E-state index in [1.165, 1.54) is 6.42 Å². The lowest BCUT2D eigenvalue weighted by molar-refractivity contribution is 0.0607. The molecular formula is C16H21ClN2OS. The molecule has 1 aromatic rings. The molecule has 2 saturated heterocycles. The van der Waals surface area contributed by atoms with Gasteiger partial charge in [-0.1, -0.05) is 11.6 Å². The molecule has 1 aromatic carbocycles. The summed E-state index contributed by atoms with van der Waals surface area (Å²) in [6, 6.07) is 5.70. The maximum absolute atomic E-state index is 12.7. The molecule has 0 saturated carbocycles. The molecule has 0 unspecified atom stereocenters. The zero-order valence-corrected chi connectivity index (χ0v) is 13.9. The first-order valence-corrected chi connectivity index (χ1v) is 9.07. The molecule has 0 atom stereocenters. The molecule has 1 amide bonds. The van der Waals surface area contributed by atoms with Crippen LogP contribution in [0.4, 0.5) is 0 Å². The van der Waals surface area contributed by atoms with Crippen LogP contribution in [0.25, 0.3) is 0 Å². The van der Waals surface area contributed by atoms with Crippen molar-refractivity contribution in [3.63, 3.8) is 0 Å². The number of carbonyl (C=O) groups excluding carboxylic acids is 1. The van der Waals surface area contributed by atoms with Crippen LogP contribution in [0.1, 0.15) is 29.6 Å². The van der Waals surface area contributed by atoms with Crippen molar-refractivity contribution < 1.29 is 4.79 Å². The summed E-state index contributed by atoms with van der Waals surface area (Å²) < 4.78 is 0. The fraction of sp³-hybridized carbons (Fsp3) is 0.562. The Kier molecular flexibility index (Phi) is 4.48. The average Bonchev–Trinajstić information content (AvgIpc) is 2.96. The fourth-order valence-corrected chi connectivity index (χ4v) is 4.01. The summed E-state index contributed by atoms with van der Waals surface area (Å²) in [6.07, 6.45) is 5.46. The highest BCUT2D eigenvalue weighted by Gasteiger charge is 2.38. The van der Waals surface area contributed by atoms with Crippen LogP contribution in [0, 0.1) is 5.41 Å². The minimum atomic E-state index is 0.0803. The number of carbonyl (C=O) groups is 1. The van der Waals surface area contributed by atoms with Crippen molar-refractivity contribution in [2.24, 2.45) is 5.41 Å². The molecule has 2 fully saturated rings. The van der Waals surface area contributed by atoms with E-state index < -0.39 is 0 Å². The van der Waals surface area contributed by atoms with Crippen molar-refractivity contribution >= 4 is 29.3 Å². The molecule has 2 aliphatic heterocycles. The van der Waals surface area contributed by atoms with Crippen molar-refractivity contribution in [3.05, 3.63) is 28.8 Å². The molecule has 0 bridgehead atoms. The smallest absolute Gasteiger partial charge is 0.255 e. The molecule has 114 valence electrons. The highest BCUT2D eigenvalue weighted by atomic mass is 35.5. The lowest BCUT2D eigenvalue weighted by Gasteiger charge is -2.39. The number of rotatable bonds is 2. The van der Waals surface area contributed by atoms with Gasteiger partial charge in [-0.2, -0.15) is 0 Å². The molecule has 1 N–H and O–H groups in total. The van der Waals surface area contributed by atoms with Crippen molar-refractivity contribution in [2.45, 2.75) is 24.2 Å². The van der Waals surface area contributed by atoms with Crippen LogP contribution in [-0.2, 0) is 0 Å². The minimum absolute atomic E-state index is 0.0803. The number of piperidine rings is 1. The van der Waals surface area contributed by atoms with E-state index in [0.29, 0.717) is 16.0 Å². The number of nitrogens with one attached hydrogen (secondary N) is 1. The van der Waals surface area contributed by atoms with Gasteiger partial charge >= 0.3 is 0 Å². The van der Waals surface area contributed by atoms with Crippen molar-refractivity contribution in [2.75, 3.05) is 32.4 Å². The lowest BCUT2D eigenvalue weighted by atomic mass is 9.78. The monoisotopic (exact) mass is 324 g/mol. The summed E-state index contributed by atoms with van der Waals surface area (Å²) in [6.45, 7) is 3.92. The largest absolute Gasteiger partial charge is 0.339 e. The van der Waals surface area contributed by atoms with Crippen LogP contribution in [0.15, 0.2) is 23.1 Å². The van der Waals surface area contributed by atoms with Gasteiger partial charge in [0, 0.05) is 24.5 Å². The molecule has 0 radical (unpaired) electrons. The molecule has 0 aromatic heterocycles. The van der Waals surface area contributed by atoms with Gasteiger partial charge in [-0.3, -0.25) is 4.79 Å². The molecule has 3 nitrogen and oxygen atoms in total. The summed E-state index contributed by atoms with van der Waals surface area (Å²) in [5.41, 5.74) is 1.07. The molecule has 2 heterocycles. The Balaban J connectivity index is 1.72. The van der Waals surface area contributed by atoms with E-state index in [1.54, 1.807) is 11.8 Å². The van der Waals surface area contributed by atoms with Crippen molar-refractivity contribution in [1.82, 2.24) is 10.2 Å². The third-order valence-corrected chi connectivity index (χ3v) is 5.90. The van der Waals surface area contributed by atoms with E-state index in [0.717, 1.165) is 43.9 Å². The van der Waals surface area contributed by atoms with Crippen LogP contribution < -0.4 is 5.32 Å². The van der Waals surface area contributed by atoms with Crippen LogP contribution >= 0.6 is 23.4 Å². The molecule has 21 heavy (non-hydrogen) atoms. The van der Waals surface area contributed by atoms with Crippen molar-refractivity contribution in [1.29, 1.82) is 0 Å². The summed E-state index contributed by atoms with van der Waals surface area (Å²) >= 11 is 7.85. The Morgan fingerprint density at radius 1 is 1.33 bits per heavy atom. The molecule has 0 aliphatic carbocycles. The second kappa shape index (κ2) is 6.19. The van der Waals surface area contributed by atoms with E-state index in [4.69, 9.17) is 11.6 Å². The van der Waals surface area contributed by atoms with Gasteiger partial charge in [-0.05, 0) is 55.7 Å². The molecule has 5 heteroatoms. The van der Waals surface area contributed by atoms with Gasteiger partial charge in [0.05, 0.1) is 10.6 Å². The van der Waals surface area contributed by atoms with Crippen LogP contribution in [0.2, 0.25) is 5.02 Å². The quantitative estimate of drug-likeness (QED) is 0.847. The summed E-state index contributed by atoms with van der Waals surface area (Å²) in [5, 5.41) is 4.01. The molecule has 3 rings (SSSR count). The topological polar surface area (TPSA) is 32.3 Å². The van der Waals surface area contributed by atoms with E-state index in [9.17, 15) is 4.79 Å². The third-order valence-electron chi connectivity index (χ3n) is 4.85. The highest BCUT2D eigenvalue weighted by Crippen LogP contribution is 2.37. The van der Waals surface area contributed by atoms with Crippen LogP contribution in [0.3, 0.4) is 0 Å². The van der Waals surface area contributed by atoms with E-state index in [-0.39, 0.29) is 5.91 Å². The maximum atomic E-state index is 12.7. The maximum Gasteiger partial charge on any atom is 0.255 e.